The van der Waals surface area contributed by atoms with Crippen molar-refractivity contribution in [1.82, 2.24) is 0 Å². The van der Waals surface area contributed by atoms with E-state index in [1.807, 2.05) is 50.2 Å². The van der Waals surface area contributed by atoms with Gasteiger partial charge in [-0.05, 0) is 47.7 Å². The number of rotatable bonds is 6. The van der Waals surface area contributed by atoms with Crippen molar-refractivity contribution in [1.29, 1.82) is 0 Å². The molecule has 0 amide bonds. The number of benzene rings is 4. The van der Waals surface area contributed by atoms with Crippen molar-refractivity contribution in [2.24, 2.45) is 0 Å². The van der Waals surface area contributed by atoms with E-state index in [9.17, 15) is 15.0 Å². The van der Waals surface area contributed by atoms with E-state index in [1.165, 1.54) is 0 Å². The maximum atomic E-state index is 12.0. The second kappa shape index (κ2) is 9.11. The Balaban J connectivity index is 1.90. The first-order valence-corrected chi connectivity index (χ1v) is 10.7. The normalized spacial score (nSPS) is 11.0. The average Bonchev–Trinajstić information content (AvgIpc) is 2.79. The number of hydrogen-bond donors (Lipinski definition) is 2. The lowest BCUT2D eigenvalue weighted by Crippen LogP contribution is -2.08. The van der Waals surface area contributed by atoms with Crippen molar-refractivity contribution >= 4 is 5.97 Å². The van der Waals surface area contributed by atoms with Crippen LogP contribution in [0.2, 0.25) is 0 Å². The number of carboxylic acids is 1. The van der Waals surface area contributed by atoms with Gasteiger partial charge >= 0.3 is 5.97 Å². The second-order valence-electron chi connectivity index (χ2n) is 8.30. The molecule has 0 heterocycles. The lowest BCUT2D eigenvalue weighted by Gasteiger charge is -2.22. The first-order chi connectivity index (χ1) is 15.4. The fraction of sp³-hybridized carbons (Fsp3) is 0.138. The summed E-state index contributed by atoms with van der Waals surface area (Å²) < 4.78 is 0. The number of carbonyl (C=O) groups is 1. The summed E-state index contributed by atoms with van der Waals surface area (Å²) in [5.41, 5.74) is 6.88. The molecule has 0 radical (unpaired) electrons. The molecule has 0 spiro atoms. The highest BCUT2D eigenvalue weighted by molar-refractivity contribution is 5.91. The van der Waals surface area contributed by atoms with Crippen molar-refractivity contribution in [2.75, 3.05) is 0 Å². The molecule has 160 valence electrons. The van der Waals surface area contributed by atoms with Crippen LogP contribution < -0.4 is 0 Å². The fourth-order valence-corrected chi connectivity index (χ4v) is 4.09. The summed E-state index contributed by atoms with van der Waals surface area (Å²) in [6.45, 7) is 4.09. The molecule has 4 rings (SSSR count). The largest absolute Gasteiger partial charge is 0.507 e. The Morgan fingerprint density at radius 3 is 1.78 bits per heavy atom. The van der Waals surface area contributed by atoms with Gasteiger partial charge in [-0.3, -0.25) is 0 Å². The van der Waals surface area contributed by atoms with Crippen LogP contribution in [0.25, 0.3) is 0 Å². The van der Waals surface area contributed by atoms with Gasteiger partial charge in [-0.25, -0.2) is 4.79 Å². The molecule has 0 bridgehead atoms. The Morgan fingerprint density at radius 2 is 1.28 bits per heavy atom. The first kappa shape index (κ1) is 21.4. The molecule has 0 saturated carbocycles. The zero-order valence-electron chi connectivity index (χ0n) is 18.2. The molecule has 0 aliphatic heterocycles. The highest BCUT2D eigenvalue weighted by Gasteiger charge is 2.23. The molecule has 4 aromatic rings. The molecule has 0 saturated heterocycles. The molecule has 0 aliphatic carbocycles. The highest BCUT2D eigenvalue weighted by atomic mass is 16.4. The molecule has 3 heteroatoms. The minimum atomic E-state index is -1.13. The summed E-state index contributed by atoms with van der Waals surface area (Å²) in [6.07, 6.45) is 0.454. The van der Waals surface area contributed by atoms with Crippen molar-refractivity contribution in [3.8, 4) is 5.75 Å². The Bertz CT molecular complexity index is 1180. The van der Waals surface area contributed by atoms with Crippen molar-refractivity contribution < 1.29 is 15.0 Å². The summed E-state index contributed by atoms with van der Waals surface area (Å²) in [4.78, 5) is 12.0. The summed E-state index contributed by atoms with van der Waals surface area (Å²) in [5.74, 6) is -1.45. The van der Waals surface area contributed by atoms with Crippen LogP contribution in [-0.2, 0) is 6.42 Å². The first-order valence-electron chi connectivity index (χ1n) is 10.7. The molecule has 0 aromatic heterocycles. The third-order valence-corrected chi connectivity index (χ3v) is 5.83. The van der Waals surface area contributed by atoms with Crippen molar-refractivity contribution in [3.63, 3.8) is 0 Å². The molecule has 0 unspecified atom stereocenters. The molecular weight excluding hydrogens is 396 g/mol. The second-order valence-corrected chi connectivity index (χ2v) is 8.30. The topological polar surface area (TPSA) is 57.5 Å². The molecule has 2 N–H and O–H groups in total. The monoisotopic (exact) mass is 422 g/mol. The lowest BCUT2D eigenvalue weighted by atomic mass is 9.82. The minimum Gasteiger partial charge on any atom is -0.507 e. The van der Waals surface area contributed by atoms with Crippen LogP contribution in [0, 0.1) is 13.8 Å². The zero-order chi connectivity index (χ0) is 22.7. The van der Waals surface area contributed by atoms with Gasteiger partial charge in [-0.2, -0.15) is 0 Å². The van der Waals surface area contributed by atoms with Gasteiger partial charge in [0.25, 0.3) is 0 Å². The standard InChI is InChI=1S/C29H26O3/c1-19-8-12-22(13-9-19)27(23-14-10-20(2)11-15-23)24-17-25(16-21-6-4-3-5-7-21)28(30)26(18-24)29(31)32/h3-15,17-18,27,30H,16H2,1-2H3,(H,31,32). The van der Waals surface area contributed by atoms with E-state index in [4.69, 9.17) is 0 Å². The van der Waals surface area contributed by atoms with Crippen LogP contribution in [0.1, 0.15) is 55.2 Å². The van der Waals surface area contributed by atoms with Crippen LogP contribution in [-0.4, -0.2) is 16.2 Å². The number of aromatic carboxylic acids is 1. The number of phenols is 1. The predicted octanol–water partition coefficient (Wildman–Crippen LogP) is 6.48. The van der Waals surface area contributed by atoms with Crippen LogP contribution >= 0.6 is 0 Å². The third-order valence-electron chi connectivity index (χ3n) is 5.83. The van der Waals surface area contributed by atoms with Gasteiger partial charge in [0.05, 0.1) is 0 Å². The summed E-state index contributed by atoms with van der Waals surface area (Å²) >= 11 is 0. The Morgan fingerprint density at radius 1 is 0.750 bits per heavy atom. The van der Waals surface area contributed by atoms with Gasteiger partial charge in [0, 0.05) is 12.3 Å². The Hall–Kier alpha value is -3.85. The van der Waals surface area contributed by atoms with E-state index in [0.717, 1.165) is 33.4 Å². The molecule has 0 atom stereocenters. The number of aromatic hydroxyl groups is 1. The van der Waals surface area contributed by atoms with Gasteiger partial charge < -0.3 is 10.2 Å². The number of carboxylic acid groups (broad SMARTS) is 1. The van der Waals surface area contributed by atoms with Gasteiger partial charge in [0.2, 0.25) is 0 Å². The van der Waals surface area contributed by atoms with E-state index >= 15 is 0 Å². The minimum absolute atomic E-state index is 0.0716. The fourth-order valence-electron chi connectivity index (χ4n) is 4.09. The van der Waals surface area contributed by atoms with Gasteiger partial charge in [0.15, 0.2) is 0 Å². The van der Waals surface area contributed by atoms with Gasteiger partial charge in [-0.1, -0.05) is 96.1 Å². The SMILES string of the molecule is Cc1ccc(C(c2ccc(C)cc2)c2cc(Cc3ccccc3)c(O)c(C(=O)O)c2)cc1. The van der Waals surface area contributed by atoms with Crippen molar-refractivity contribution in [3.05, 3.63) is 136 Å². The lowest BCUT2D eigenvalue weighted by molar-refractivity contribution is 0.0693. The van der Waals surface area contributed by atoms with Crippen LogP contribution in [0.15, 0.2) is 91.0 Å². The highest BCUT2D eigenvalue weighted by Crippen LogP contribution is 2.37. The molecule has 32 heavy (non-hydrogen) atoms. The van der Waals surface area contributed by atoms with Gasteiger partial charge in [0.1, 0.15) is 11.3 Å². The molecule has 3 nitrogen and oxygen atoms in total. The maximum absolute atomic E-state index is 12.0. The van der Waals surface area contributed by atoms with Gasteiger partial charge in [-0.15, -0.1) is 0 Å². The molecule has 0 fully saturated rings. The van der Waals surface area contributed by atoms with E-state index < -0.39 is 5.97 Å². The Labute approximate surface area is 188 Å². The number of aryl methyl sites for hydroxylation is 2. The quantitative estimate of drug-likeness (QED) is 0.350. The molecule has 0 aliphatic rings. The maximum Gasteiger partial charge on any atom is 0.339 e. The average molecular weight is 423 g/mol. The Kier molecular flexibility index (Phi) is 6.09. The summed E-state index contributed by atoms with van der Waals surface area (Å²) in [5, 5.41) is 20.6. The summed E-state index contributed by atoms with van der Waals surface area (Å²) in [7, 11) is 0. The van der Waals surface area contributed by atoms with E-state index in [0.29, 0.717) is 12.0 Å². The van der Waals surface area contributed by atoms with Crippen LogP contribution in [0.5, 0.6) is 5.75 Å². The molecule has 4 aromatic carbocycles. The number of hydrogen-bond acceptors (Lipinski definition) is 2. The third kappa shape index (κ3) is 4.57. The van der Waals surface area contributed by atoms with Crippen LogP contribution in [0.4, 0.5) is 0 Å². The van der Waals surface area contributed by atoms with Crippen LogP contribution in [0.3, 0.4) is 0 Å². The summed E-state index contributed by atoms with van der Waals surface area (Å²) in [6, 6.07) is 29.9. The molecular formula is C29H26O3. The van der Waals surface area contributed by atoms with E-state index in [1.54, 1.807) is 6.07 Å². The van der Waals surface area contributed by atoms with E-state index in [2.05, 4.69) is 48.5 Å². The van der Waals surface area contributed by atoms with Crippen molar-refractivity contribution in [2.45, 2.75) is 26.2 Å². The smallest absolute Gasteiger partial charge is 0.339 e. The predicted molar refractivity (Wildman–Crippen MR) is 128 cm³/mol. The zero-order valence-corrected chi connectivity index (χ0v) is 18.2. The van der Waals surface area contributed by atoms with E-state index in [-0.39, 0.29) is 17.2 Å².